The van der Waals surface area contributed by atoms with Crippen LogP contribution in [0.4, 0.5) is 17.6 Å². The first kappa shape index (κ1) is 84.3. The summed E-state index contributed by atoms with van der Waals surface area (Å²) in [5.41, 5.74) is 19.7. The van der Waals surface area contributed by atoms with E-state index in [9.17, 15) is 36.7 Å². The van der Waals surface area contributed by atoms with Gasteiger partial charge in [-0.2, -0.15) is 0 Å². The van der Waals surface area contributed by atoms with Gasteiger partial charge in [0.05, 0.1) is 89.2 Å². The number of rotatable bonds is 21. The molecule has 3 aliphatic heterocycles. The molecule has 0 aliphatic carbocycles. The molecule has 0 radical (unpaired) electrons. The number of morpholine rings is 1. The highest BCUT2D eigenvalue weighted by atomic mass is 19.1. The van der Waals surface area contributed by atoms with Crippen LogP contribution in [-0.4, -0.2) is 181 Å². The van der Waals surface area contributed by atoms with E-state index in [-0.39, 0.29) is 46.9 Å². The zero-order chi connectivity index (χ0) is 86.5. The number of ether oxygens (including phenoxy) is 1. The van der Waals surface area contributed by atoms with Gasteiger partial charge < -0.3 is 34.9 Å². The van der Waals surface area contributed by atoms with Crippen molar-refractivity contribution in [1.29, 1.82) is 0 Å². The molecular weight excluding hydrogens is 1590 g/mol. The molecule has 0 bridgehead atoms. The van der Waals surface area contributed by atoms with Gasteiger partial charge in [0.25, 0.3) is 17.7 Å². The molecule has 27 heteroatoms. The maximum absolute atomic E-state index is 13.8. The molecule has 23 nitrogen and oxygen atoms in total. The third-order valence-electron chi connectivity index (χ3n) is 22.6. The fourth-order valence-corrected chi connectivity index (χ4v) is 15.8. The van der Waals surface area contributed by atoms with Crippen LogP contribution in [0, 0.1) is 51.0 Å². The number of benzene rings is 4. The summed E-state index contributed by atoms with van der Waals surface area (Å²) >= 11 is 0. The molecule has 3 saturated heterocycles. The number of hydrogen-bond donors (Lipinski definition) is 3. The van der Waals surface area contributed by atoms with Gasteiger partial charge in [-0.1, -0.05) is 48.5 Å². The van der Waals surface area contributed by atoms with Crippen LogP contribution in [0.3, 0.4) is 0 Å². The van der Waals surface area contributed by atoms with E-state index in [0.29, 0.717) is 78.7 Å². The number of nitrogens with zero attached hydrogens (tertiary/aromatic N) is 15. The highest BCUT2D eigenvalue weighted by Gasteiger charge is 2.24. The van der Waals surface area contributed by atoms with Crippen molar-refractivity contribution in [3.63, 3.8) is 0 Å². The van der Waals surface area contributed by atoms with E-state index in [2.05, 4.69) is 65.6 Å². The third kappa shape index (κ3) is 19.6. The van der Waals surface area contributed by atoms with Gasteiger partial charge in [0.1, 0.15) is 23.3 Å². The molecule has 15 heterocycles. The van der Waals surface area contributed by atoms with Crippen molar-refractivity contribution in [1.82, 2.24) is 88.1 Å². The summed E-state index contributed by atoms with van der Waals surface area (Å²) in [7, 11) is 0. The predicted molar refractivity (Wildman–Crippen MR) is 475 cm³/mol. The van der Waals surface area contributed by atoms with Gasteiger partial charge in [0.15, 0.2) is 0 Å². The minimum absolute atomic E-state index is 0.188. The van der Waals surface area contributed by atoms with Gasteiger partial charge in [0.2, 0.25) is 23.4 Å². The van der Waals surface area contributed by atoms with Crippen LogP contribution in [0.15, 0.2) is 251 Å². The van der Waals surface area contributed by atoms with E-state index in [1.165, 1.54) is 37.1 Å². The first-order valence-corrected chi connectivity index (χ1v) is 41.8. The van der Waals surface area contributed by atoms with Crippen molar-refractivity contribution in [2.45, 2.75) is 59.8 Å². The number of nitrogens with one attached hydrogen (secondary N) is 3. The van der Waals surface area contributed by atoms with Gasteiger partial charge in [-0.3, -0.25) is 57.2 Å². The van der Waals surface area contributed by atoms with Gasteiger partial charge >= 0.3 is 0 Å². The molecule has 632 valence electrons. The van der Waals surface area contributed by atoms with E-state index in [0.717, 1.165) is 177 Å². The summed E-state index contributed by atoms with van der Waals surface area (Å²) < 4.78 is 67.7. The second-order valence-corrected chi connectivity index (χ2v) is 31.1. The topological polar surface area (TPSA) is 244 Å². The lowest BCUT2D eigenvalue weighted by Crippen LogP contribution is -2.41. The molecule has 3 N–H and O–H groups in total. The lowest BCUT2D eigenvalue weighted by Gasteiger charge is -2.26. The first-order valence-electron chi connectivity index (χ1n) is 41.8. The number of aryl methyl sites for hydroxylation is 4. The van der Waals surface area contributed by atoms with Crippen molar-refractivity contribution in [2.75, 3.05) is 85.2 Å². The number of hydrogen-bond acceptors (Lipinski definition) is 15. The molecule has 4 aromatic carbocycles. The van der Waals surface area contributed by atoms with Crippen LogP contribution in [0.5, 0.6) is 0 Å². The van der Waals surface area contributed by atoms with Gasteiger partial charge in [-0.25, -0.2) is 37.5 Å². The van der Waals surface area contributed by atoms with Crippen LogP contribution >= 0.6 is 0 Å². The van der Waals surface area contributed by atoms with Crippen molar-refractivity contribution in [3.8, 4) is 89.5 Å². The Balaban J connectivity index is 0.000000124. The van der Waals surface area contributed by atoms with Crippen molar-refractivity contribution >= 4 is 45.7 Å². The summed E-state index contributed by atoms with van der Waals surface area (Å²) in [6, 6.07) is 51.3. The summed E-state index contributed by atoms with van der Waals surface area (Å²) in [5.74, 6) is -0.441. The number of carbonyl (C=O) groups is 4. The molecular formula is C98H92F4N18O5. The van der Waals surface area contributed by atoms with Crippen LogP contribution in [-0.2, 0) is 9.53 Å². The number of imidazole rings is 4. The smallest absolute Gasteiger partial charge is 0.287 e. The Hall–Kier alpha value is -14.3. The Morgan fingerprint density at radius 1 is 0.376 bits per heavy atom. The van der Waals surface area contributed by atoms with E-state index in [1.807, 2.05) is 148 Å². The van der Waals surface area contributed by atoms with Crippen molar-refractivity contribution < 1.29 is 41.5 Å². The maximum atomic E-state index is 13.8. The summed E-state index contributed by atoms with van der Waals surface area (Å²) in [6.45, 7) is 17.1. The second kappa shape index (κ2) is 38.8. The lowest BCUT2D eigenvalue weighted by molar-refractivity contribution is -0.127. The standard InChI is InChI=1S/C27H26FN5O2.C26H26FN5O2.C26H26FN5O.C19H14FN3/c1-18-15-19(8-10-23(18)28)25-22(5-2-11-29-25)20-7-9-21-16-31-26(33(21)17-20)27(35)30-12-4-14-32-13-3-6-24(32)34;1-18-15-19(5-7-23(18)27)24-22(3-2-8-28-24)20-4-6-21-16-30-25(32(21)17-20)26(33)29-9-10-31-11-13-34-14-12-31;1-18-15-19(7-9-23(18)27)24-22(5-4-10-28-24)20-6-8-21-16-30-25(32(21)17-20)26(33)29-11-14-31-12-2-3-13-31;1-13-9-14(5-7-18(13)20)19-17(3-2-8-22-19)15-4-6-16-10-21-12-23(16)11-15/h2,5,7-11,15-17H,3-4,6,12-14H2,1H3,(H,30,35);2-8,15-17H,9-14H2,1H3,(H,29,33);4-10,15-17H,2-3,11-14H2,1H3,(H,29,33);2-12H,1H3. The van der Waals surface area contributed by atoms with Gasteiger partial charge in [0, 0.05) is 182 Å². The van der Waals surface area contributed by atoms with Gasteiger partial charge in [-0.05, 0) is 210 Å². The first-order chi connectivity index (χ1) is 60.9. The Labute approximate surface area is 719 Å². The molecule has 125 heavy (non-hydrogen) atoms. The highest BCUT2D eigenvalue weighted by molar-refractivity contribution is 5.94. The minimum Gasteiger partial charge on any atom is -0.379 e. The number of fused-ring (bicyclic) bond motifs is 4. The molecule has 19 rings (SSSR count). The Bertz CT molecular complexity index is 6630. The molecule has 3 aliphatic rings. The molecule has 0 spiro atoms. The average molecular weight is 1680 g/mol. The van der Waals surface area contributed by atoms with Crippen LogP contribution < -0.4 is 16.0 Å². The summed E-state index contributed by atoms with van der Waals surface area (Å²) in [4.78, 5) is 92.2. The number of carbonyl (C=O) groups excluding carboxylic acids is 4. The fraction of sp³-hybridized carbons (Fsp3) is 0.224. The number of aromatic nitrogens is 12. The predicted octanol–water partition coefficient (Wildman–Crippen LogP) is 16.7. The van der Waals surface area contributed by atoms with E-state index < -0.39 is 0 Å². The fourth-order valence-electron chi connectivity index (χ4n) is 15.8. The van der Waals surface area contributed by atoms with Crippen LogP contribution in [0.2, 0.25) is 0 Å². The average Bonchev–Trinajstić information content (AvgIpc) is 1.73. The molecule has 3 fully saturated rings. The van der Waals surface area contributed by atoms with Crippen molar-refractivity contribution in [3.05, 3.63) is 314 Å². The summed E-state index contributed by atoms with van der Waals surface area (Å²) in [6.07, 6.45) is 28.0. The number of pyridine rings is 8. The zero-order valence-electron chi connectivity index (χ0n) is 69.7. The zero-order valence-corrected chi connectivity index (χ0v) is 69.7. The quantitative estimate of drug-likeness (QED) is 0.0447. The molecule has 4 amide bonds. The van der Waals surface area contributed by atoms with Gasteiger partial charge in [-0.15, -0.1) is 0 Å². The van der Waals surface area contributed by atoms with Crippen molar-refractivity contribution in [2.24, 2.45) is 0 Å². The monoisotopic (exact) mass is 1680 g/mol. The molecule has 16 aromatic rings. The third-order valence-corrected chi connectivity index (χ3v) is 22.6. The highest BCUT2D eigenvalue weighted by Crippen LogP contribution is 2.37. The van der Waals surface area contributed by atoms with E-state index in [4.69, 9.17) is 4.74 Å². The molecule has 0 unspecified atom stereocenters. The number of halogens is 4. The lowest BCUT2D eigenvalue weighted by atomic mass is 9.99. The number of amides is 4. The van der Waals surface area contributed by atoms with E-state index in [1.54, 1.807) is 129 Å². The SMILES string of the molecule is Cc1cc(-c2ncccc2-c2ccc3cnc(C(=O)NCCCN4CCCC4=O)n3c2)ccc1F.Cc1cc(-c2ncccc2-c2ccc3cnc(C(=O)NCCN4CCCC4)n3c2)ccc1F.Cc1cc(-c2ncccc2-c2ccc3cnc(C(=O)NCCN4CCOCC4)n3c2)ccc1F.Cc1cc(-c2ncccc2-c2ccc3cncn3c2)ccc1F. The second-order valence-electron chi connectivity index (χ2n) is 31.1. The largest absolute Gasteiger partial charge is 0.379 e. The maximum Gasteiger partial charge on any atom is 0.287 e. The Morgan fingerprint density at radius 2 is 0.728 bits per heavy atom. The normalized spacial score (nSPS) is 13.5. The minimum atomic E-state index is -0.268. The number of likely N-dealkylation sites (tertiary alicyclic amines) is 2. The Morgan fingerprint density at radius 3 is 1.10 bits per heavy atom. The summed E-state index contributed by atoms with van der Waals surface area (Å²) in [5, 5.41) is 8.90. The molecule has 0 atom stereocenters. The molecule has 12 aromatic heterocycles. The van der Waals surface area contributed by atoms with Crippen LogP contribution in [0.25, 0.3) is 112 Å². The Kier molecular flexibility index (Phi) is 26.2. The molecule has 0 saturated carbocycles. The van der Waals surface area contributed by atoms with Crippen LogP contribution in [0.1, 0.15) is 86.2 Å². The van der Waals surface area contributed by atoms with E-state index >= 15 is 0 Å².